The first-order chi connectivity index (χ1) is 12.9. The highest BCUT2D eigenvalue weighted by molar-refractivity contribution is 7.89. The SMILES string of the molecule is CC(C)Oc1ccc(S(=O)(=O)NC(Cn2nccn2)c2ccccc2)cc1. The molecule has 0 spiro atoms. The summed E-state index contributed by atoms with van der Waals surface area (Å²) in [6.07, 6.45) is 3.14. The molecule has 0 aliphatic heterocycles. The monoisotopic (exact) mass is 386 g/mol. The van der Waals surface area contributed by atoms with Gasteiger partial charge in [0.2, 0.25) is 10.0 Å². The molecule has 0 aliphatic carbocycles. The predicted octanol–water partition coefficient (Wildman–Crippen LogP) is 2.79. The minimum atomic E-state index is -3.73. The molecule has 27 heavy (non-hydrogen) atoms. The number of benzene rings is 2. The zero-order valence-electron chi connectivity index (χ0n) is 15.2. The van der Waals surface area contributed by atoms with Crippen LogP contribution in [0.4, 0.5) is 0 Å². The Kier molecular flexibility index (Phi) is 5.88. The molecule has 0 aliphatic rings. The maximum Gasteiger partial charge on any atom is 0.241 e. The van der Waals surface area contributed by atoms with E-state index in [4.69, 9.17) is 4.74 Å². The molecule has 0 radical (unpaired) electrons. The molecule has 0 saturated carbocycles. The molecule has 3 rings (SSSR count). The Bertz CT molecular complexity index is 940. The van der Waals surface area contributed by atoms with Crippen molar-refractivity contribution in [1.29, 1.82) is 0 Å². The molecule has 0 bridgehead atoms. The summed E-state index contributed by atoms with van der Waals surface area (Å²) in [6, 6.07) is 15.2. The first kappa shape index (κ1) is 19.1. The van der Waals surface area contributed by atoms with E-state index in [0.717, 1.165) is 5.56 Å². The third-order valence-electron chi connectivity index (χ3n) is 3.82. The molecule has 8 heteroatoms. The molecular formula is C19H22N4O3S. The highest BCUT2D eigenvalue weighted by Gasteiger charge is 2.22. The fraction of sp³-hybridized carbons (Fsp3) is 0.263. The highest BCUT2D eigenvalue weighted by Crippen LogP contribution is 2.21. The lowest BCUT2D eigenvalue weighted by atomic mass is 10.1. The number of hydrogen-bond acceptors (Lipinski definition) is 5. The lowest BCUT2D eigenvalue weighted by Gasteiger charge is -2.19. The van der Waals surface area contributed by atoms with Gasteiger partial charge in [-0.2, -0.15) is 15.0 Å². The average Bonchev–Trinajstić information content (AvgIpc) is 3.15. The van der Waals surface area contributed by atoms with Crippen molar-refractivity contribution in [1.82, 2.24) is 19.7 Å². The van der Waals surface area contributed by atoms with Gasteiger partial charge in [-0.15, -0.1) is 0 Å². The van der Waals surface area contributed by atoms with Crippen LogP contribution in [0.2, 0.25) is 0 Å². The van der Waals surface area contributed by atoms with Gasteiger partial charge in [-0.25, -0.2) is 13.1 Å². The lowest BCUT2D eigenvalue weighted by molar-refractivity contribution is 0.242. The largest absolute Gasteiger partial charge is 0.491 e. The summed E-state index contributed by atoms with van der Waals surface area (Å²) in [6.45, 7) is 4.12. The van der Waals surface area contributed by atoms with Gasteiger partial charge < -0.3 is 4.74 Å². The second-order valence-corrected chi connectivity index (χ2v) is 8.02. The Balaban J connectivity index is 1.83. The molecule has 0 amide bonds. The summed E-state index contributed by atoms with van der Waals surface area (Å²) >= 11 is 0. The molecule has 1 aromatic heterocycles. The molecule has 142 valence electrons. The minimum absolute atomic E-state index is 0.0228. The molecule has 1 heterocycles. The van der Waals surface area contributed by atoms with Crippen molar-refractivity contribution in [2.45, 2.75) is 37.4 Å². The Hall–Kier alpha value is -2.71. The number of hydrogen-bond donors (Lipinski definition) is 1. The fourth-order valence-corrected chi connectivity index (χ4v) is 3.84. The fourth-order valence-electron chi connectivity index (χ4n) is 2.62. The summed E-state index contributed by atoms with van der Waals surface area (Å²) in [5.41, 5.74) is 0.832. The summed E-state index contributed by atoms with van der Waals surface area (Å²) in [7, 11) is -3.73. The van der Waals surface area contributed by atoms with E-state index in [9.17, 15) is 8.42 Å². The van der Waals surface area contributed by atoms with Gasteiger partial charge in [0.15, 0.2) is 0 Å². The zero-order chi connectivity index (χ0) is 19.3. The first-order valence-electron chi connectivity index (χ1n) is 8.62. The first-order valence-corrected chi connectivity index (χ1v) is 10.1. The summed E-state index contributed by atoms with van der Waals surface area (Å²) < 4.78 is 34.1. The highest BCUT2D eigenvalue weighted by atomic mass is 32.2. The Morgan fingerprint density at radius 3 is 2.22 bits per heavy atom. The van der Waals surface area contributed by atoms with Crippen molar-refractivity contribution >= 4 is 10.0 Å². The van der Waals surface area contributed by atoms with Crippen LogP contribution in [0, 0.1) is 0 Å². The molecule has 2 aromatic carbocycles. The normalized spacial score (nSPS) is 12.9. The van der Waals surface area contributed by atoms with E-state index in [-0.39, 0.29) is 17.5 Å². The van der Waals surface area contributed by atoms with E-state index >= 15 is 0 Å². The van der Waals surface area contributed by atoms with Crippen molar-refractivity contribution < 1.29 is 13.2 Å². The van der Waals surface area contributed by atoms with Crippen LogP contribution in [-0.2, 0) is 16.6 Å². The van der Waals surface area contributed by atoms with Crippen molar-refractivity contribution in [3.8, 4) is 5.75 Å². The second-order valence-electron chi connectivity index (χ2n) is 6.31. The predicted molar refractivity (Wildman–Crippen MR) is 102 cm³/mol. The van der Waals surface area contributed by atoms with Crippen LogP contribution in [-0.4, -0.2) is 29.5 Å². The van der Waals surface area contributed by atoms with Crippen molar-refractivity contribution in [3.05, 3.63) is 72.6 Å². The van der Waals surface area contributed by atoms with Crippen molar-refractivity contribution in [2.24, 2.45) is 0 Å². The van der Waals surface area contributed by atoms with Crippen LogP contribution in [0.3, 0.4) is 0 Å². The van der Waals surface area contributed by atoms with E-state index in [1.807, 2.05) is 44.2 Å². The second kappa shape index (κ2) is 8.32. The quantitative estimate of drug-likeness (QED) is 0.643. The standard InChI is InChI=1S/C19H22N4O3S/c1-15(2)26-17-8-10-18(11-9-17)27(24,25)22-19(14-23-20-12-13-21-23)16-6-4-3-5-7-16/h3-13,15,19,22H,14H2,1-2H3. The molecule has 1 N–H and O–H groups in total. The van der Waals surface area contributed by atoms with Gasteiger partial charge in [-0.1, -0.05) is 30.3 Å². The maximum absolute atomic E-state index is 12.9. The van der Waals surface area contributed by atoms with E-state index < -0.39 is 16.1 Å². The minimum Gasteiger partial charge on any atom is -0.491 e. The van der Waals surface area contributed by atoms with Crippen LogP contribution >= 0.6 is 0 Å². The molecule has 0 fully saturated rings. The topological polar surface area (TPSA) is 86.1 Å². The third kappa shape index (κ3) is 5.15. The van der Waals surface area contributed by atoms with Gasteiger partial charge in [0, 0.05) is 0 Å². The Labute approximate surface area is 159 Å². The van der Waals surface area contributed by atoms with Crippen LogP contribution < -0.4 is 9.46 Å². The summed E-state index contributed by atoms with van der Waals surface area (Å²) in [4.78, 5) is 1.63. The maximum atomic E-state index is 12.9. The van der Waals surface area contributed by atoms with Crippen molar-refractivity contribution in [2.75, 3.05) is 0 Å². The summed E-state index contributed by atoms with van der Waals surface area (Å²) in [5.74, 6) is 0.629. The number of aromatic nitrogens is 3. The van der Waals surface area contributed by atoms with Gasteiger partial charge in [-0.05, 0) is 43.7 Å². The smallest absolute Gasteiger partial charge is 0.241 e. The molecule has 1 atom stereocenters. The van der Waals surface area contributed by atoms with Crippen molar-refractivity contribution in [3.63, 3.8) is 0 Å². The molecule has 1 unspecified atom stereocenters. The molecule has 7 nitrogen and oxygen atoms in total. The van der Waals surface area contributed by atoms with Crippen LogP contribution in [0.25, 0.3) is 0 Å². The lowest BCUT2D eigenvalue weighted by Crippen LogP contribution is -2.32. The Morgan fingerprint density at radius 2 is 1.63 bits per heavy atom. The van der Waals surface area contributed by atoms with Gasteiger partial charge in [-0.3, -0.25) is 0 Å². The molecule has 0 saturated heterocycles. The van der Waals surface area contributed by atoms with Gasteiger partial charge in [0.25, 0.3) is 0 Å². The number of rotatable bonds is 8. The van der Waals surface area contributed by atoms with E-state index in [0.29, 0.717) is 5.75 Å². The molecular weight excluding hydrogens is 364 g/mol. The number of ether oxygens (including phenoxy) is 1. The van der Waals surface area contributed by atoms with E-state index in [2.05, 4.69) is 14.9 Å². The Morgan fingerprint density at radius 1 is 1.00 bits per heavy atom. The zero-order valence-corrected chi connectivity index (χ0v) is 16.0. The van der Waals surface area contributed by atoms with Crippen LogP contribution in [0.5, 0.6) is 5.75 Å². The van der Waals surface area contributed by atoms with E-state index in [1.54, 1.807) is 24.5 Å². The van der Waals surface area contributed by atoms with Crippen LogP contribution in [0.1, 0.15) is 25.5 Å². The number of nitrogens with zero attached hydrogens (tertiary/aromatic N) is 3. The van der Waals surface area contributed by atoms with Crippen LogP contribution in [0.15, 0.2) is 71.9 Å². The molecule has 3 aromatic rings. The van der Waals surface area contributed by atoms with Gasteiger partial charge >= 0.3 is 0 Å². The number of sulfonamides is 1. The summed E-state index contributed by atoms with van der Waals surface area (Å²) in [5, 5.41) is 8.16. The number of nitrogens with one attached hydrogen (secondary N) is 1. The third-order valence-corrected chi connectivity index (χ3v) is 5.31. The average molecular weight is 386 g/mol. The van der Waals surface area contributed by atoms with Gasteiger partial charge in [0.1, 0.15) is 5.75 Å². The van der Waals surface area contributed by atoms with E-state index in [1.165, 1.54) is 16.9 Å². The van der Waals surface area contributed by atoms with Gasteiger partial charge in [0.05, 0.1) is 36.0 Å².